The van der Waals surface area contributed by atoms with Crippen LogP contribution in [-0.4, -0.2) is 31.0 Å². The minimum atomic E-state index is -4.77. The highest BCUT2D eigenvalue weighted by molar-refractivity contribution is 5.42. The molecule has 1 aromatic heterocycles. The van der Waals surface area contributed by atoms with Crippen molar-refractivity contribution in [3.63, 3.8) is 0 Å². The fourth-order valence-electron chi connectivity index (χ4n) is 4.58. The van der Waals surface area contributed by atoms with Crippen LogP contribution in [0, 0.1) is 24.5 Å². The predicted molar refractivity (Wildman–Crippen MR) is 110 cm³/mol. The quantitative estimate of drug-likeness (QED) is 0.581. The van der Waals surface area contributed by atoms with Crippen LogP contribution in [0.2, 0.25) is 0 Å². The van der Waals surface area contributed by atoms with E-state index in [0.29, 0.717) is 11.3 Å². The minimum absolute atomic E-state index is 0.00899. The molecule has 0 amide bonds. The third-order valence-electron chi connectivity index (χ3n) is 6.67. The summed E-state index contributed by atoms with van der Waals surface area (Å²) >= 11 is 0. The van der Waals surface area contributed by atoms with E-state index in [9.17, 15) is 26.7 Å². The summed E-state index contributed by atoms with van der Waals surface area (Å²) < 4.78 is 86.4. The van der Waals surface area contributed by atoms with Crippen molar-refractivity contribution in [2.75, 3.05) is 14.2 Å². The number of nitrogens with one attached hydrogen (secondary N) is 1. The molecular weight excluding hydrogens is 449 g/mol. The molecule has 5 nitrogen and oxygen atoms in total. The first kappa shape index (κ1) is 25.2. The van der Waals surface area contributed by atoms with Gasteiger partial charge in [-0.05, 0) is 26.8 Å². The second kappa shape index (κ2) is 8.72. The number of aryl methyl sites for hydroxylation is 1. The van der Waals surface area contributed by atoms with Crippen molar-refractivity contribution in [3.8, 4) is 5.75 Å². The molecule has 0 bridgehead atoms. The summed E-state index contributed by atoms with van der Waals surface area (Å²) in [6, 6.07) is 3.18. The number of benzene rings is 1. The minimum Gasteiger partial charge on any atom is -0.493 e. The summed E-state index contributed by atoms with van der Waals surface area (Å²) in [6.45, 7) is 5.50. The van der Waals surface area contributed by atoms with Gasteiger partial charge in [-0.15, -0.1) is 0 Å². The predicted octanol–water partition coefficient (Wildman–Crippen LogP) is 5.49. The van der Waals surface area contributed by atoms with Crippen LogP contribution in [0.15, 0.2) is 23.0 Å². The van der Waals surface area contributed by atoms with E-state index < -0.39 is 58.6 Å². The second-order valence-corrected chi connectivity index (χ2v) is 8.45. The number of H-pyrrole nitrogens is 1. The third kappa shape index (κ3) is 4.03. The zero-order valence-electron chi connectivity index (χ0n) is 19.1. The van der Waals surface area contributed by atoms with E-state index in [2.05, 4.69) is 4.98 Å². The number of methoxy groups -OCH3 is 2. The van der Waals surface area contributed by atoms with Crippen molar-refractivity contribution in [3.05, 3.63) is 62.6 Å². The normalized spacial score (nSPS) is 26.5. The third-order valence-corrected chi connectivity index (χ3v) is 6.67. The molecule has 10 heteroatoms. The molecule has 2 heterocycles. The number of pyridine rings is 1. The van der Waals surface area contributed by atoms with E-state index >= 15 is 0 Å². The number of rotatable bonds is 5. The highest BCUT2D eigenvalue weighted by Gasteiger charge is 2.65. The first-order valence-electron chi connectivity index (χ1n) is 10.3. The molecule has 0 saturated carbocycles. The number of aromatic nitrogens is 1. The monoisotopic (exact) mass is 475 g/mol. The van der Waals surface area contributed by atoms with E-state index in [-0.39, 0.29) is 11.3 Å². The van der Waals surface area contributed by atoms with Crippen LogP contribution in [0.25, 0.3) is 0 Å². The summed E-state index contributed by atoms with van der Waals surface area (Å²) in [4.78, 5) is 15.8. The van der Waals surface area contributed by atoms with Crippen LogP contribution in [0.1, 0.15) is 61.4 Å². The summed E-state index contributed by atoms with van der Waals surface area (Å²) in [5.41, 5.74) is -2.24. The van der Waals surface area contributed by atoms with Crippen LogP contribution in [0.3, 0.4) is 0 Å². The SMILES string of the molecule is COc1c([C@H]2[C@H](c3cc(=O)c([C@@H](C)OC)c(C)[nH]3)O[C@@](C)(C(F)(F)F)[C@H]2C)ccc(F)c1F. The van der Waals surface area contributed by atoms with Gasteiger partial charge in [0.25, 0.3) is 0 Å². The van der Waals surface area contributed by atoms with E-state index in [4.69, 9.17) is 14.2 Å². The van der Waals surface area contributed by atoms with Gasteiger partial charge in [-0.1, -0.05) is 13.0 Å². The first-order valence-corrected chi connectivity index (χ1v) is 10.3. The molecule has 1 N–H and O–H groups in total. The molecule has 1 saturated heterocycles. The van der Waals surface area contributed by atoms with Crippen molar-refractivity contribution < 1.29 is 36.2 Å². The van der Waals surface area contributed by atoms with E-state index in [1.54, 1.807) is 13.8 Å². The van der Waals surface area contributed by atoms with Crippen molar-refractivity contribution in [2.24, 2.45) is 5.92 Å². The average molecular weight is 475 g/mol. The van der Waals surface area contributed by atoms with Crippen molar-refractivity contribution in [1.82, 2.24) is 4.98 Å². The number of ether oxygens (including phenoxy) is 3. The molecule has 33 heavy (non-hydrogen) atoms. The number of alkyl halides is 3. The lowest BCUT2D eigenvalue weighted by atomic mass is 9.76. The topological polar surface area (TPSA) is 60.5 Å². The Balaban J connectivity index is 2.25. The van der Waals surface area contributed by atoms with Gasteiger partial charge in [-0.3, -0.25) is 4.79 Å². The van der Waals surface area contributed by atoms with E-state index in [0.717, 1.165) is 26.2 Å². The van der Waals surface area contributed by atoms with Crippen molar-refractivity contribution in [2.45, 2.75) is 57.6 Å². The lowest BCUT2D eigenvalue weighted by Gasteiger charge is -2.32. The maximum Gasteiger partial charge on any atom is 0.417 e. The van der Waals surface area contributed by atoms with Gasteiger partial charge in [0, 0.05) is 47.5 Å². The van der Waals surface area contributed by atoms with Crippen LogP contribution < -0.4 is 10.2 Å². The van der Waals surface area contributed by atoms with Gasteiger partial charge >= 0.3 is 6.18 Å². The summed E-state index contributed by atoms with van der Waals surface area (Å²) in [5, 5.41) is 0. The highest BCUT2D eigenvalue weighted by atomic mass is 19.4. The van der Waals surface area contributed by atoms with Crippen LogP contribution in [0.5, 0.6) is 5.75 Å². The Labute approximate surface area is 187 Å². The van der Waals surface area contributed by atoms with Crippen molar-refractivity contribution in [1.29, 1.82) is 0 Å². The smallest absolute Gasteiger partial charge is 0.417 e. The van der Waals surface area contributed by atoms with Crippen LogP contribution >= 0.6 is 0 Å². The number of hydrogen-bond donors (Lipinski definition) is 1. The Hall–Kier alpha value is -2.46. The molecule has 5 atom stereocenters. The fraction of sp³-hybridized carbons (Fsp3) is 0.522. The summed E-state index contributed by atoms with van der Waals surface area (Å²) in [7, 11) is 2.53. The van der Waals surface area contributed by atoms with Gasteiger partial charge in [-0.25, -0.2) is 4.39 Å². The molecule has 2 aromatic rings. The second-order valence-electron chi connectivity index (χ2n) is 8.45. The Kier molecular flexibility index (Phi) is 6.65. The largest absolute Gasteiger partial charge is 0.493 e. The molecule has 1 aliphatic heterocycles. The summed E-state index contributed by atoms with van der Waals surface area (Å²) in [6.07, 6.45) is -6.64. The zero-order valence-corrected chi connectivity index (χ0v) is 19.1. The molecule has 1 aliphatic rings. The van der Waals surface area contributed by atoms with Gasteiger partial charge in [0.2, 0.25) is 5.82 Å². The molecular formula is C23H26F5NO4. The highest BCUT2D eigenvalue weighted by Crippen LogP contribution is 2.59. The van der Waals surface area contributed by atoms with E-state index in [1.807, 2.05) is 0 Å². The van der Waals surface area contributed by atoms with Gasteiger partial charge < -0.3 is 19.2 Å². The Morgan fingerprint density at radius 3 is 2.36 bits per heavy atom. The molecule has 182 valence electrons. The Bertz CT molecular complexity index is 1100. The molecule has 1 aromatic carbocycles. The molecule has 0 unspecified atom stereocenters. The van der Waals surface area contributed by atoms with Gasteiger partial charge in [0.15, 0.2) is 22.6 Å². The average Bonchev–Trinajstić information content (AvgIpc) is 3.01. The maximum absolute atomic E-state index is 14.5. The lowest BCUT2D eigenvalue weighted by Crippen LogP contribution is -2.46. The number of hydrogen-bond acceptors (Lipinski definition) is 4. The summed E-state index contributed by atoms with van der Waals surface area (Å²) in [5.74, 6) is -5.35. The Morgan fingerprint density at radius 2 is 1.85 bits per heavy atom. The standard InChI is InChI=1S/C23H26F5NO4/c1-10-17(13-7-8-14(24)19(25)20(13)32-6)21(33-22(10,4)23(26,27)28)15-9-16(30)18(11(2)29-15)12(3)31-5/h7-10,12,17,21H,1-6H3,(H,29,30)/t10-,12+,17-,21-,22+/m0/s1. The van der Waals surface area contributed by atoms with Gasteiger partial charge in [-0.2, -0.15) is 17.6 Å². The van der Waals surface area contributed by atoms with Crippen LogP contribution in [0.4, 0.5) is 22.0 Å². The molecule has 1 fully saturated rings. The molecule has 0 radical (unpaired) electrons. The molecule has 3 rings (SSSR count). The Morgan fingerprint density at radius 1 is 1.21 bits per heavy atom. The van der Waals surface area contributed by atoms with Crippen LogP contribution in [-0.2, 0) is 9.47 Å². The zero-order chi connectivity index (χ0) is 24.9. The van der Waals surface area contributed by atoms with E-state index in [1.165, 1.54) is 20.1 Å². The first-order chi connectivity index (χ1) is 15.3. The van der Waals surface area contributed by atoms with Crippen molar-refractivity contribution >= 4 is 0 Å². The van der Waals surface area contributed by atoms with Gasteiger partial charge in [0.1, 0.15) is 6.10 Å². The van der Waals surface area contributed by atoms with Gasteiger partial charge in [0.05, 0.1) is 13.2 Å². The fourth-order valence-corrected chi connectivity index (χ4v) is 4.58. The molecule has 0 spiro atoms. The number of halogens is 5. The number of aromatic amines is 1. The molecule has 0 aliphatic carbocycles. The lowest BCUT2D eigenvalue weighted by molar-refractivity contribution is -0.275. The maximum atomic E-state index is 14.5.